The Kier molecular flexibility index (Phi) is 21.6. The fourth-order valence-corrected chi connectivity index (χ4v) is 12.6. The summed E-state index contributed by atoms with van der Waals surface area (Å²) in [6, 6.07) is 15.5. The van der Waals surface area contributed by atoms with Gasteiger partial charge in [0.05, 0.1) is 39.1 Å². The molecular weight excluding hydrogens is 1320 g/mol. The van der Waals surface area contributed by atoms with Gasteiger partial charge >= 0.3 is 37.1 Å². The van der Waals surface area contributed by atoms with Crippen LogP contribution >= 0.6 is 0 Å². The number of oxime groups is 1. The first-order valence-electron chi connectivity index (χ1n) is 30.3. The first-order chi connectivity index (χ1) is 45.0. The average Bonchev–Trinajstić information content (AvgIpc) is 1.70. The monoisotopic (exact) mass is 1380 g/mol. The number of piperidine rings is 3. The Labute approximate surface area is 537 Å². The van der Waals surface area contributed by atoms with E-state index in [9.17, 15) is 84.1 Å². The standard InChI is InChI=1S/C23H23F6N3O2.C21H23F6N3O2.C20H18F6N2O2/c1-13(2)31-34-20-9-14(22(24,25)26)3-7-19(20)33-18-10-16-5-6-17(11-18)32(16)21-8-4-15(12-30-21)23(27,28)29;1-2-3-15-11-16(31-17-6-4-13(20(22,23)24)10-18(17)32-28)8-9-30(15)19-7-5-14(12-29-19)21(25,26)27;21-19(22,23)11-1-5-17(16(29)7-11)30-15-8-13-3-4-14(9-15)28(13)18-6-2-12(10-27-18)20(24,25)26/h3-4,7-9,12,16-18H,5-6,10-11H2,1-2H3;4-7,10,12,15-16H,2-3,8-9,11,28H2,1H3;1-2,5-7,10,13-15,29H,3-4,8-9H2/t16-,17+,18?;15-,16-;13-,14+,15?/m.1./s1. The number of halogens is 18. The molecule has 0 radical (unpaired) electrons. The first-order valence-corrected chi connectivity index (χ1v) is 30.3. The Morgan fingerprint density at radius 3 is 1.20 bits per heavy atom. The van der Waals surface area contributed by atoms with Crippen molar-refractivity contribution in [3.8, 4) is 34.5 Å². The molecule has 6 aromatic rings. The largest absolute Gasteiger partial charge is 0.504 e. The first kappa shape index (κ1) is 72.0. The van der Waals surface area contributed by atoms with Crippen molar-refractivity contribution in [2.75, 3.05) is 21.2 Å². The van der Waals surface area contributed by atoms with Crippen molar-refractivity contribution in [1.29, 1.82) is 0 Å². The van der Waals surface area contributed by atoms with Crippen LogP contribution in [0, 0.1) is 0 Å². The van der Waals surface area contributed by atoms with Crippen molar-refractivity contribution in [2.45, 2.75) is 183 Å². The van der Waals surface area contributed by atoms with Gasteiger partial charge in [-0.1, -0.05) is 18.5 Å². The van der Waals surface area contributed by atoms with Gasteiger partial charge in [0.2, 0.25) is 0 Å². The van der Waals surface area contributed by atoms with Gasteiger partial charge in [-0.25, -0.2) is 15.0 Å². The molecule has 0 spiro atoms. The molecule has 96 heavy (non-hydrogen) atoms. The molecule has 14 nitrogen and oxygen atoms in total. The second-order valence-corrected chi connectivity index (χ2v) is 23.9. The molecule has 3 aromatic heterocycles. The number of fused-ring (bicyclic) bond motifs is 4. The van der Waals surface area contributed by atoms with Crippen LogP contribution in [0.1, 0.15) is 131 Å². The van der Waals surface area contributed by atoms with E-state index in [0.717, 1.165) is 112 Å². The Hall–Kier alpha value is -8.32. The van der Waals surface area contributed by atoms with Crippen molar-refractivity contribution in [3.05, 3.63) is 143 Å². The van der Waals surface area contributed by atoms with E-state index < -0.39 is 76.2 Å². The summed E-state index contributed by atoms with van der Waals surface area (Å²) in [6.45, 7) is 5.75. The van der Waals surface area contributed by atoms with Crippen LogP contribution in [0.25, 0.3) is 0 Å². The average molecular weight is 1380 g/mol. The van der Waals surface area contributed by atoms with Gasteiger partial charge in [-0.3, -0.25) is 0 Å². The Bertz CT molecular complexity index is 3580. The van der Waals surface area contributed by atoms with Gasteiger partial charge in [-0.2, -0.15) is 84.9 Å². The summed E-state index contributed by atoms with van der Waals surface area (Å²) in [7, 11) is 0. The summed E-state index contributed by atoms with van der Waals surface area (Å²) in [6.07, 6.45) is -17.5. The summed E-state index contributed by atoms with van der Waals surface area (Å²) < 4.78 is 249. The van der Waals surface area contributed by atoms with Crippen molar-refractivity contribution < 1.29 is 108 Å². The Morgan fingerprint density at radius 1 is 0.458 bits per heavy atom. The highest BCUT2D eigenvalue weighted by Gasteiger charge is 2.46. The fourth-order valence-electron chi connectivity index (χ4n) is 12.6. The molecule has 5 fully saturated rings. The van der Waals surface area contributed by atoms with E-state index in [4.69, 9.17) is 24.9 Å². The number of hydrogen-bond acceptors (Lipinski definition) is 14. The third-order valence-electron chi connectivity index (χ3n) is 16.9. The second kappa shape index (κ2) is 28.8. The number of alkyl halides is 18. The molecular formula is C64H64F18N8O6. The maximum atomic E-state index is 13.2. The molecule has 5 saturated heterocycles. The minimum absolute atomic E-state index is 0.00251. The summed E-state index contributed by atoms with van der Waals surface area (Å²) in [5, 5.41) is 13.7. The van der Waals surface area contributed by atoms with E-state index >= 15 is 0 Å². The molecule has 11 rings (SSSR count). The van der Waals surface area contributed by atoms with Gasteiger partial charge in [0.25, 0.3) is 0 Å². The molecule has 32 heteroatoms. The fraction of sp³-hybridized carbons (Fsp3) is 0.469. The molecule has 3 aromatic carbocycles. The number of nitrogens with zero attached hydrogens (tertiary/aromatic N) is 7. The molecule has 8 atom stereocenters. The topological polar surface area (TPSA) is 153 Å². The third kappa shape index (κ3) is 17.8. The molecule has 8 heterocycles. The highest BCUT2D eigenvalue weighted by atomic mass is 19.4. The number of pyridine rings is 3. The molecule has 0 amide bonds. The van der Waals surface area contributed by atoms with E-state index in [1.807, 2.05) is 21.6 Å². The summed E-state index contributed by atoms with van der Waals surface area (Å²) >= 11 is 0. The van der Waals surface area contributed by atoms with E-state index in [2.05, 4.69) is 24.9 Å². The van der Waals surface area contributed by atoms with Crippen molar-refractivity contribution in [3.63, 3.8) is 0 Å². The highest BCUT2D eigenvalue weighted by Crippen LogP contribution is 2.46. The van der Waals surface area contributed by atoms with Crippen molar-refractivity contribution >= 4 is 23.2 Å². The van der Waals surface area contributed by atoms with Crippen LogP contribution in [-0.2, 0) is 37.1 Å². The number of nitrogens with two attached hydrogens (primary N) is 1. The van der Waals surface area contributed by atoms with Crippen LogP contribution in [-0.4, -0.2) is 80.8 Å². The summed E-state index contributed by atoms with van der Waals surface area (Å²) in [5.41, 5.74) is -4.65. The lowest BCUT2D eigenvalue weighted by Crippen LogP contribution is -2.46. The number of phenolic OH excluding ortho intramolecular Hbond substituents is 1. The number of ether oxygens (including phenoxy) is 3. The maximum Gasteiger partial charge on any atom is 0.417 e. The van der Waals surface area contributed by atoms with E-state index in [1.165, 1.54) is 30.3 Å². The lowest BCUT2D eigenvalue weighted by molar-refractivity contribution is -0.138. The van der Waals surface area contributed by atoms with Gasteiger partial charge in [-0.05, 0) is 137 Å². The molecule has 3 N–H and O–H groups in total. The predicted octanol–water partition coefficient (Wildman–Crippen LogP) is 17.5. The number of benzene rings is 3. The van der Waals surface area contributed by atoms with Crippen LogP contribution in [0.5, 0.6) is 34.5 Å². The van der Waals surface area contributed by atoms with Crippen LogP contribution < -0.4 is 44.5 Å². The molecule has 5 aliphatic heterocycles. The zero-order chi connectivity index (χ0) is 69.9. The van der Waals surface area contributed by atoms with E-state index in [-0.39, 0.29) is 77.3 Å². The molecule has 4 bridgehead atoms. The minimum Gasteiger partial charge on any atom is -0.504 e. The normalized spacial score (nSPS) is 22.1. The third-order valence-corrected chi connectivity index (χ3v) is 16.9. The quantitative estimate of drug-likeness (QED) is 0.0605. The van der Waals surface area contributed by atoms with Gasteiger partial charge < -0.3 is 43.7 Å². The van der Waals surface area contributed by atoms with Crippen molar-refractivity contribution in [1.82, 2.24) is 15.0 Å². The number of anilines is 3. The summed E-state index contributed by atoms with van der Waals surface area (Å²) in [5.74, 6) is 5.82. The zero-order valence-electron chi connectivity index (χ0n) is 51.2. The van der Waals surface area contributed by atoms with E-state index in [1.54, 1.807) is 13.8 Å². The van der Waals surface area contributed by atoms with Crippen LogP contribution in [0.3, 0.4) is 0 Å². The van der Waals surface area contributed by atoms with Gasteiger partial charge in [0, 0.05) is 93.9 Å². The van der Waals surface area contributed by atoms with Gasteiger partial charge in [0.15, 0.2) is 34.5 Å². The molecule has 0 aliphatic carbocycles. The number of phenols is 1. The van der Waals surface area contributed by atoms with Gasteiger partial charge in [0.1, 0.15) is 35.8 Å². The van der Waals surface area contributed by atoms with Crippen LogP contribution in [0.4, 0.5) is 96.5 Å². The molecule has 5 aliphatic rings. The van der Waals surface area contributed by atoms with Crippen LogP contribution in [0.15, 0.2) is 115 Å². The molecule has 0 saturated carbocycles. The molecule has 522 valence electrons. The SMILES string of the molecule is CC(C)=NOc1cc(C(F)(F)F)ccc1OC1C[C@H]2CC[C@@H](C1)N2c1ccc(C(F)(F)F)cn1.CCC[C@@H]1C[C@H](Oc2ccc(C(F)(F)F)cc2ON)CCN1c1ccc(C(F)(F)F)cn1.Oc1cc(C(F)(F)F)ccc1OC1C[C@H]2CC[C@@H](C1)N2c1ccc(C(F)(F)F)cn1. The lowest BCUT2D eigenvalue weighted by Gasteiger charge is -2.40. The Morgan fingerprint density at radius 2 is 0.823 bits per heavy atom. The minimum atomic E-state index is -4.56. The number of rotatable bonds is 14. The summed E-state index contributed by atoms with van der Waals surface area (Å²) in [4.78, 5) is 27.8. The number of hydrogen-bond donors (Lipinski definition) is 2. The van der Waals surface area contributed by atoms with Gasteiger partial charge in [-0.15, -0.1) is 0 Å². The number of aromatic nitrogens is 3. The highest BCUT2D eigenvalue weighted by molar-refractivity contribution is 5.78. The Balaban J connectivity index is 0.000000169. The predicted molar refractivity (Wildman–Crippen MR) is 314 cm³/mol. The zero-order valence-corrected chi connectivity index (χ0v) is 51.2. The second-order valence-electron chi connectivity index (χ2n) is 23.9. The lowest BCUT2D eigenvalue weighted by atomic mass is 9.95. The molecule has 2 unspecified atom stereocenters. The van der Waals surface area contributed by atoms with Crippen LogP contribution in [0.2, 0.25) is 0 Å². The van der Waals surface area contributed by atoms with E-state index in [0.29, 0.717) is 74.3 Å². The smallest absolute Gasteiger partial charge is 0.417 e. The number of aromatic hydroxyl groups is 1. The van der Waals surface area contributed by atoms with Crippen molar-refractivity contribution in [2.24, 2.45) is 11.1 Å². The maximum absolute atomic E-state index is 13.2.